The van der Waals surface area contributed by atoms with E-state index in [0.29, 0.717) is 13.2 Å². The third-order valence-corrected chi connectivity index (χ3v) is 10.9. The molecule has 6 aromatic rings. The van der Waals surface area contributed by atoms with Crippen LogP contribution in [0.15, 0.2) is 158 Å². The number of fused-ring (bicyclic) bond motifs is 1. The smallest absolute Gasteiger partial charge is 0.329 e. The van der Waals surface area contributed by atoms with Crippen molar-refractivity contribution in [1.82, 2.24) is 36.3 Å². The highest BCUT2D eigenvalue weighted by molar-refractivity contribution is 5.94. The minimum atomic E-state index is -1.37. The summed E-state index contributed by atoms with van der Waals surface area (Å²) in [6.45, 7) is 6.21. The molecule has 6 rings (SSSR count). The lowest BCUT2D eigenvalue weighted by molar-refractivity contribution is -0.180. The molecule has 1 heterocycles. The van der Waals surface area contributed by atoms with Crippen LogP contribution in [0.1, 0.15) is 55.0 Å². The molecule has 0 unspecified atom stereocenters. The summed E-state index contributed by atoms with van der Waals surface area (Å²) in [6, 6.07) is 43.8. The van der Waals surface area contributed by atoms with E-state index in [1.165, 1.54) is 12.1 Å². The number of urea groups is 1. The number of aromatic nitrogens is 1. The number of ether oxygens (including phenoxy) is 2. The lowest BCUT2D eigenvalue weighted by atomic mass is 9.77. The van der Waals surface area contributed by atoms with Crippen molar-refractivity contribution in [3.8, 4) is 0 Å². The minimum absolute atomic E-state index is 0.118. The molecule has 0 saturated carbocycles. The highest BCUT2D eigenvalue weighted by Crippen LogP contribution is 2.37. The van der Waals surface area contributed by atoms with E-state index in [2.05, 4.69) is 26.4 Å². The van der Waals surface area contributed by atoms with E-state index in [1.54, 1.807) is 29.4 Å². The van der Waals surface area contributed by atoms with Crippen LogP contribution in [0, 0.1) is 0 Å². The predicted molar refractivity (Wildman–Crippen MR) is 247 cm³/mol. The highest BCUT2D eigenvalue weighted by Gasteiger charge is 2.40. The highest BCUT2D eigenvalue weighted by atomic mass is 16.7. The van der Waals surface area contributed by atoms with Gasteiger partial charge < -0.3 is 30.3 Å². The quantitative estimate of drug-likeness (QED) is 0.0355. The molecule has 332 valence electrons. The fourth-order valence-corrected chi connectivity index (χ4v) is 7.86. The zero-order valence-corrected chi connectivity index (χ0v) is 36.8. The monoisotopic (exact) mass is 863 g/mol. The summed E-state index contributed by atoms with van der Waals surface area (Å²) in [5.41, 5.74) is 5.55. The summed E-state index contributed by atoms with van der Waals surface area (Å²) in [5.74, 6) is -1.63. The molecule has 13 nitrogen and oxygen atoms in total. The number of rotatable bonds is 21. The number of hydrogen-bond acceptors (Lipinski definition) is 8. The normalized spacial score (nSPS) is 12.3. The second-order valence-corrected chi connectivity index (χ2v) is 15.4. The van der Waals surface area contributed by atoms with Crippen LogP contribution < -0.4 is 21.4 Å². The van der Waals surface area contributed by atoms with Gasteiger partial charge in [0, 0.05) is 45.7 Å². The topological polar surface area (TPSA) is 154 Å². The molecule has 0 aliphatic carbocycles. The third kappa shape index (κ3) is 12.0. The summed E-state index contributed by atoms with van der Waals surface area (Å²) in [6.07, 6.45) is 2.01. The summed E-state index contributed by atoms with van der Waals surface area (Å²) in [5, 5.41) is 12.2. The van der Waals surface area contributed by atoms with Crippen LogP contribution >= 0.6 is 0 Å². The van der Waals surface area contributed by atoms with Gasteiger partial charge in [0.1, 0.15) is 11.6 Å². The van der Waals surface area contributed by atoms with E-state index >= 15 is 4.79 Å². The van der Waals surface area contributed by atoms with Gasteiger partial charge in [-0.05, 0) is 71.5 Å². The Kier molecular flexibility index (Phi) is 16.7. The molecule has 13 heteroatoms. The number of hydrazine groups is 1. The third-order valence-electron chi connectivity index (χ3n) is 10.9. The number of amides is 5. The van der Waals surface area contributed by atoms with Crippen molar-refractivity contribution in [2.24, 2.45) is 0 Å². The summed E-state index contributed by atoms with van der Waals surface area (Å²) in [4.78, 5) is 62.8. The molecule has 1 aromatic heterocycles. The zero-order chi connectivity index (χ0) is 45.3. The van der Waals surface area contributed by atoms with Crippen LogP contribution in [0.4, 0.5) is 4.79 Å². The van der Waals surface area contributed by atoms with Crippen LogP contribution in [0.25, 0.3) is 10.8 Å². The Balaban J connectivity index is 1.35. The Morgan fingerprint density at radius 1 is 0.688 bits per heavy atom. The number of carbonyl (C=O) groups is 4. The molecular weight excluding hydrogens is 807 g/mol. The van der Waals surface area contributed by atoms with Crippen molar-refractivity contribution in [2.75, 3.05) is 26.8 Å². The molecule has 0 radical (unpaired) electrons. The summed E-state index contributed by atoms with van der Waals surface area (Å²) in [7, 11) is 1.53. The first-order valence-corrected chi connectivity index (χ1v) is 21.5. The van der Waals surface area contributed by atoms with Crippen molar-refractivity contribution in [2.45, 2.75) is 64.2 Å². The zero-order valence-electron chi connectivity index (χ0n) is 36.8. The molecule has 0 bridgehead atoms. The van der Waals surface area contributed by atoms with Crippen LogP contribution in [0.3, 0.4) is 0 Å². The van der Waals surface area contributed by atoms with Gasteiger partial charge in [0.25, 0.3) is 0 Å². The fraction of sp³-hybridized carbons (Fsp3) is 0.275. The molecule has 0 aliphatic rings. The number of likely N-dealkylation sites (N-methyl/N-ethyl adjacent to an activating group) is 1. The maximum Gasteiger partial charge on any atom is 0.329 e. The minimum Gasteiger partial charge on any atom is -0.351 e. The van der Waals surface area contributed by atoms with Gasteiger partial charge in [-0.1, -0.05) is 133 Å². The second kappa shape index (κ2) is 23.0. The summed E-state index contributed by atoms with van der Waals surface area (Å²) < 4.78 is 12.1. The molecule has 0 aliphatic heterocycles. The SMILES string of the molecule is CCOC(OCC)[C@H](C)N(Cc1cccc2ccccc12)C(=O)[C@H](CC(=O)NC(c1ccccc1)(c1ccccc1)c1ccccc1)NC(=O)CN(C)NC(=O)NCc1ccncc1. The van der Waals surface area contributed by atoms with E-state index in [-0.39, 0.29) is 19.6 Å². The van der Waals surface area contributed by atoms with Gasteiger partial charge >= 0.3 is 6.03 Å². The lowest BCUT2D eigenvalue weighted by Gasteiger charge is -2.38. The van der Waals surface area contributed by atoms with Crippen LogP contribution in [-0.2, 0) is 42.5 Å². The van der Waals surface area contributed by atoms with E-state index in [0.717, 1.165) is 38.6 Å². The number of hydrogen-bond donors (Lipinski definition) is 4. The molecule has 64 heavy (non-hydrogen) atoms. The molecular formula is C51H57N7O6. The predicted octanol–water partition coefficient (Wildman–Crippen LogP) is 6.68. The molecule has 5 aromatic carbocycles. The van der Waals surface area contributed by atoms with Crippen LogP contribution in [0.2, 0.25) is 0 Å². The average Bonchev–Trinajstić information content (AvgIpc) is 3.32. The second-order valence-electron chi connectivity index (χ2n) is 15.4. The van der Waals surface area contributed by atoms with Crippen molar-refractivity contribution in [3.05, 3.63) is 186 Å². The van der Waals surface area contributed by atoms with E-state index in [4.69, 9.17) is 9.47 Å². The molecule has 0 fully saturated rings. The van der Waals surface area contributed by atoms with Crippen LogP contribution in [-0.4, -0.2) is 83.8 Å². The van der Waals surface area contributed by atoms with Gasteiger partial charge in [0.2, 0.25) is 17.7 Å². The molecule has 0 saturated heterocycles. The Morgan fingerprint density at radius 3 is 1.81 bits per heavy atom. The first-order valence-electron chi connectivity index (χ1n) is 21.5. The average molecular weight is 864 g/mol. The lowest BCUT2D eigenvalue weighted by Crippen LogP contribution is -2.58. The first-order chi connectivity index (χ1) is 31.1. The van der Waals surface area contributed by atoms with Gasteiger partial charge in [-0.3, -0.25) is 24.8 Å². The fourth-order valence-electron chi connectivity index (χ4n) is 7.86. The van der Waals surface area contributed by atoms with Gasteiger partial charge in [-0.2, -0.15) is 0 Å². The number of carbonyl (C=O) groups excluding carboxylic acids is 4. The largest absolute Gasteiger partial charge is 0.351 e. The van der Waals surface area contributed by atoms with Gasteiger partial charge in [-0.25, -0.2) is 9.80 Å². The van der Waals surface area contributed by atoms with E-state index in [1.807, 2.05) is 154 Å². The Bertz CT molecular complexity index is 2320. The molecule has 2 atom stereocenters. The maximum absolute atomic E-state index is 15.4. The first kappa shape index (κ1) is 46.6. The van der Waals surface area contributed by atoms with E-state index in [9.17, 15) is 14.4 Å². The number of pyridine rings is 1. The number of nitrogens with one attached hydrogen (secondary N) is 4. The Labute approximate surface area is 375 Å². The Hall–Kier alpha value is -6.93. The standard InChI is InChI=1S/C51H57N7O6/c1-5-63-49(64-6-2)37(3)58(35-40-21-18-20-39-19-16-17-28-44(39)40)48(61)45(54-47(60)36-57(4)56-50(62)53-34-38-29-31-52-32-30-38)33-46(59)55-51(41-22-10-7-11-23-41,42-24-12-8-13-25-42)43-26-14-9-15-27-43/h7-32,37,45,49H,5-6,33-36H2,1-4H3,(H,54,60)(H,55,59)(H2,53,56,62)/t37-,45-/m0/s1. The molecule has 5 amide bonds. The van der Waals surface area contributed by atoms with Crippen molar-refractivity contribution < 1.29 is 28.7 Å². The maximum atomic E-state index is 15.4. The van der Waals surface area contributed by atoms with Crippen LogP contribution in [0.5, 0.6) is 0 Å². The Morgan fingerprint density at radius 2 is 1.23 bits per heavy atom. The van der Waals surface area contributed by atoms with Crippen molar-refractivity contribution in [3.63, 3.8) is 0 Å². The molecule has 4 N–H and O–H groups in total. The molecule has 0 spiro atoms. The summed E-state index contributed by atoms with van der Waals surface area (Å²) >= 11 is 0. The number of nitrogens with zero attached hydrogens (tertiary/aromatic N) is 3. The van der Waals surface area contributed by atoms with Gasteiger partial charge in [0.05, 0.1) is 19.0 Å². The van der Waals surface area contributed by atoms with E-state index < -0.39 is 54.1 Å². The van der Waals surface area contributed by atoms with Crippen molar-refractivity contribution >= 4 is 34.5 Å². The number of benzene rings is 5. The van der Waals surface area contributed by atoms with Crippen molar-refractivity contribution in [1.29, 1.82) is 0 Å². The van der Waals surface area contributed by atoms with Gasteiger partial charge in [-0.15, -0.1) is 0 Å². The van der Waals surface area contributed by atoms with Gasteiger partial charge in [0.15, 0.2) is 6.29 Å².